The summed E-state index contributed by atoms with van der Waals surface area (Å²) >= 11 is 3.33. The predicted octanol–water partition coefficient (Wildman–Crippen LogP) is 1.87. The van der Waals surface area contributed by atoms with E-state index < -0.39 is 0 Å². The third kappa shape index (κ3) is 5.75. The third-order valence-electron chi connectivity index (χ3n) is 2.02. The highest BCUT2D eigenvalue weighted by molar-refractivity contribution is 7.98. The Balaban J connectivity index is 0.00000225. The Bertz CT molecular complexity index is 293. The molecule has 0 aliphatic heterocycles. The maximum absolute atomic E-state index is 11.5. The molecule has 0 spiro atoms. The van der Waals surface area contributed by atoms with Crippen LogP contribution >= 0.6 is 35.5 Å². The maximum atomic E-state index is 11.5. The molecule has 0 aromatic carbocycles. The summed E-state index contributed by atoms with van der Waals surface area (Å²) in [6.45, 7) is 0.579. The number of carbonyl (C=O) groups is 1. The lowest BCUT2D eigenvalue weighted by Gasteiger charge is -2.10. The van der Waals surface area contributed by atoms with E-state index in [1.807, 2.05) is 23.1 Å². The number of thiophene rings is 1. The van der Waals surface area contributed by atoms with E-state index in [1.165, 1.54) is 0 Å². The highest BCUT2D eigenvalue weighted by Crippen LogP contribution is 2.05. The Morgan fingerprint density at radius 3 is 3.00 bits per heavy atom. The topological polar surface area (TPSA) is 55.1 Å². The molecule has 1 heterocycles. The van der Waals surface area contributed by atoms with Gasteiger partial charge in [-0.25, -0.2) is 0 Å². The van der Waals surface area contributed by atoms with Crippen LogP contribution in [0, 0.1) is 0 Å². The number of halogens is 1. The molecule has 0 radical (unpaired) electrons. The van der Waals surface area contributed by atoms with E-state index in [0.717, 1.165) is 17.7 Å². The number of rotatable bonds is 6. The van der Waals surface area contributed by atoms with Crippen molar-refractivity contribution >= 4 is 41.4 Å². The molecule has 0 saturated heterocycles. The Hall–Kier alpha value is -0.230. The quantitative estimate of drug-likeness (QED) is 0.836. The second kappa shape index (κ2) is 8.87. The van der Waals surface area contributed by atoms with Gasteiger partial charge in [0.2, 0.25) is 5.91 Å². The van der Waals surface area contributed by atoms with Gasteiger partial charge in [-0.3, -0.25) is 4.79 Å². The van der Waals surface area contributed by atoms with Crippen LogP contribution in [0.15, 0.2) is 16.8 Å². The van der Waals surface area contributed by atoms with Gasteiger partial charge in [-0.05, 0) is 40.8 Å². The van der Waals surface area contributed by atoms with E-state index in [2.05, 4.69) is 5.32 Å². The zero-order chi connectivity index (χ0) is 11.1. The van der Waals surface area contributed by atoms with Crippen molar-refractivity contribution in [1.82, 2.24) is 5.32 Å². The van der Waals surface area contributed by atoms with Gasteiger partial charge in [0, 0.05) is 6.54 Å². The van der Waals surface area contributed by atoms with Crippen molar-refractivity contribution in [2.75, 3.05) is 12.0 Å². The van der Waals surface area contributed by atoms with Crippen molar-refractivity contribution in [2.45, 2.75) is 19.0 Å². The Morgan fingerprint density at radius 2 is 2.44 bits per heavy atom. The first-order valence-electron chi connectivity index (χ1n) is 4.77. The van der Waals surface area contributed by atoms with Gasteiger partial charge in [-0.15, -0.1) is 12.4 Å². The average Bonchev–Trinajstić information content (AvgIpc) is 2.75. The Kier molecular flexibility index (Phi) is 8.74. The molecule has 0 fully saturated rings. The van der Waals surface area contributed by atoms with E-state index in [9.17, 15) is 4.79 Å². The third-order valence-corrected chi connectivity index (χ3v) is 3.39. The molecular formula is C10H17ClN2OS2. The highest BCUT2D eigenvalue weighted by atomic mass is 35.5. The summed E-state index contributed by atoms with van der Waals surface area (Å²) in [7, 11) is 0. The summed E-state index contributed by atoms with van der Waals surface area (Å²) in [5.74, 6) is 0.864. The zero-order valence-electron chi connectivity index (χ0n) is 9.14. The molecule has 1 aromatic heterocycles. The molecule has 1 amide bonds. The second-order valence-corrected chi connectivity index (χ2v) is 5.00. The summed E-state index contributed by atoms with van der Waals surface area (Å²) < 4.78 is 0. The first-order valence-corrected chi connectivity index (χ1v) is 7.11. The fourth-order valence-corrected chi connectivity index (χ4v) is 2.25. The summed E-state index contributed by atoms with van der Waals surface area (Å²) in [6.07, 6.45) is 2.74. The van der Waals surface area contributed by atoms with Crippen molar-refractivity contribution in [3.05, 3.63) is 22.4 Å². The van der Waals surface area contributed by atoms with Crippen LogP contribution in [-0.4, -0.2) is 24.0 Å². The van der Waals surface area contributed by atoms with Crippen molar-refractivity contribution in [3.8, 4) is 0 Å². The van der Waals surface area contributed by atoms with Gasteiger partial charge < -0.3 is 11.1 Å². The predicted molar refractivity (Wildman–Crippen MR) is 74.4 cm³/mol. The molecule has 0 aliphatic carbocycles. The molecule has 0 unspecified atom stereocenters. The van der Waals surface area contributed by atoms with Crippen LogP contribution in [0.2, 0.25) is 0 Å². The van der Waals surface area contributed by atoms with Gasteiger partial charge in [0.1, 0.15) is 0 Å². The SMILES string of the molecule is CSCC[C@H](N)C(=O)NCc1ccsc1.Cl. The van der Waals surface area contributed by atoms with Crippen molar-refractivity contribution in [2.24, 2.45) is 5.73 Å². The van der Waals surface area contributed by atoms with Crippen LogP contribution < -0.4 is 11.1 Å². The Labute approximate surface area is 111 Å². The summed E-state index contributed by atoms with van der Waals surface area (Å²) in [5.41, 5.74) is 6.85. The first-order chi connectivity index (χ1) is 7.24. The lowest BCUT2D eigenvalue weighted by atomic mass is 10.2. The average molecular weight is 281 g/mol. The fourth-order valence-electron chi connectivity index (χ4n) is 1.09. The molecule has 3 nitrogen and oxygen atoms in total. The maximum Gasteiger partial charge on any atom is 0.237 e. The van der Waals surface area contributed by atoms with Gasteiger partial charge in [0.25, 0.3) is 0 Å². The van der Waals surface area contributed by atoms with E-state index in [4.69, 9.17) is 5.73 Å². The summed E-state index contributed by atoms with van der Waals surface area (Å²) in [4.78, 5) is 11.5. The van der Waals surface area contributed by atoms with E-state index >= 15 is 0 Å². The Morgan fingerprint density at radius 1 is 1.69 bits per heavy atom. The number of carbonyl (C=O) groups excluding carboxylic acids is 1. The lowest BCUT2D eigenvalue weighted by Crippen LogP contribution is -2.40. The minimum absolute atomic E-state index is 0. The number of nitrogens with two attached hydrogens (primary N) is 1. The standard InChI is InChI=1S/C10H16N2OS2.ClH/c1-14-4-3-9(11)10(13)12-6-8-2-5-15-7-8;/h2,5,7,9H,3-4,6,11H2,1H3,(H,12,13);1H/t9-;/m0./s1. The van der Waals surface area contributed by atoms with Crippen LogP contribution in [0.3, 0.4) is 0 Å². The van der Waals surface area contributed by atoms with Crippen LogP contribution in [0.1, 0.15) is 12.0 Å². The molecule has 6 heteroatoms. The highest BCUT2D eigenvalue weighted by Gasteiger charge is 2.11. The smallest absolute Gasteiger partial charge is 0.237 e. The van der Waals surface area contributed by atoms with Gasteiger partial charge in [-0.2, -0.15) is 23.1 Å². The van der Waals surface area contributed by atoms with Gasteiger partial charge in [-0.1, -0.05) is 0 Å². The van der Waals surface area contributed by atoms with E-state index in [0.29, 0.717) is 6.54 Å². The van der Waals surface area contributed by atoms with Crippen LogP contribution in [0.25, 0.3) is 0 Å². The van der Waals surface area contributed by atoms with Gasteiger partial charge in [0.15, 0.2) is 0 Å². The number of hydrogen-bond acceptors (Lipinski definition) is 4. The summed E-state index contributed by atoms with van der Waals surface area (Å²) in [5, 5.41) is 6.84. The first kappa shape index (κ1) is 15.8. The van der Waals surface area contributed by atoms with Crippen LogP contribution in [-0.2, 0) is 11.3 Å². The fraction of sp³-hybridized carbons (Fsp3) is 0.500. The van der Waals surface area contributed by atoms with E-state index in [-0.39, 0.29) is 24.4 Å². The van der Waals surface area contributed by atoms with Crippen molar-refractivity contribution in [1.29, 1.82) is 0 Å². The molecule has 16 heavy (non-hydrogen) atoms. The molecule has 1 aromatic rings. The minimum Gasteiger partial charge on any atom is -0.351 e. The number of amides is 1. The van der Waals surface area contributed by atoms with Crippen molar-refractivity contribution < 1.29 is 4.79 Å². The van der Waals surface area contributed by atoms with Crippen molar-refractivity contribution in [3.63, 3.8) is 0 Å². The molecule has 1 rings (SSSR count). The minimum atomic E-state index is -0.379. The molecule has 0 saturated carbocycles. The van der Waals surface area contributed by atoms with Gasteiger partial charge >= 0.3 is 0 Å². The van der Waals surface area contributed by atoms with Crippen LogP contribution in [0.4, 0.5) is 0 Å². The molecule has 0 bridgehead atoms. The zero-order valence-corrected chi connectivity index (χ0v) is 11.6. The number of nitrogens with one attached hydrogen (secondary N) is 1. The molecule has 0 aliphatic rings. The molecule has 3 N–H and O–H groups in total. The summed E-state index contributed by atoms with van der Waals surface area (Å²) in [6, 6.07) is 1.62. The molecule has 1 atom stereocenters. The van der Waals surface area contributed by atoms with Gasteiger partial charge in [0.05, 0.1) is 6.04 Å². The number of thioether (sulfide) groups is 1. The lowest BCUT2D eigenvalue weighted by molar-refractivity contribution is -0.122. The normalized spacial score (nSPS) is 11.6. The number of hydrogen-bond donors (Lipinski definition) is 2. The largest absolute Gasteiger partial charge is 0.351 e. The second-order valence-electron chi connectivity index (χ2n) is 3.24. The molecular weight excluding hydrogens is 264 g/mol. The molecule has 92 valence electrons. The van der Waals surface area contributed by atoms with Crippen LogP contribution in [0.5, 0.6) is 0 Å². The van der Waals surface area contributed by atoms with E-state index in [1.54, 1.807) is 23.1 Å². The monoisotopic (exact) mass is 280 g/mol.